The third-order valence-corrected chi connectivity index (χ3v) is 5.59. The van der Waals surface area contributed by atoms with E-state index in [1.54, 1.807) is 12.1 Å². The first kappa shape index (κ1) is 22.0. The van der Waals surface area contributed by atoms with Crippen molar-refractivity contribution in [3.05, 3.63) is 64.2 Å². The summed E-state index contributed by atoms with van der Waals surface area (Å²) in [5.41, 5.74) is 2.59. The molecule has 0 bridgehead atoms. The van der Waals surface area contributed by atoms with E-state index >= 15 is 0 Å². The Morgan fingerprint density at radius 3 is 2.52 bits per heavy atom. The molecule has 1 aliphatic rings. The minimum absolute atomic E-state index is 0.0330. The Bertz CT molecular complexity index is 811. The number of methoxy groups -OCH3 is 1. The van der Waals surface area contributed by atoms with E-state index in [0.717, 1.165) is 16.9 Å². The van der Waals surface area contributed by atoms with Crippen LogP contribution >= 0.6 is 11.6 Å². The second kappa shape index (κ2) is 9.43. The third kappa shape index (κ3) is 4.74. The van der Waals surface area contributed by atoms with E-state index in [2.05, 4.69) is 0 Å². The maximum Gasteiger partial charge on any atom is 0.197 e. The molecule has 3 N–H and O–H groups in total. The van der Waals surface area contributed by atoms with Crippen LogP contribution in [0.1, 0.15) is 30.0 Å². The zero-order chi connectivity index (χ0) is 21.0. The number of hydrogen-bond acceptors (Lipinski definition) is 6. The average molecular weight is 423 g/mol. The molecule has 1 fully saturated rings. The van der Waals surface area contributed by atoms with Gasteiger partial charge in [-0.25, -0.2) is 0 Å². The fourth-order valence-corrected chi connectivity index (χ4v) is 3.81. The van der Waals surface area contributed by atoms with Gasteiger partial charge in [0.1, 0.15) is 18.0 Å². The van der Waals surface area contributed by atoms with E-state index in [1.165, 1.54) is 7.11 Å². The first-order valence-corrected chi connectivity index (χ1v) is 10.0. The van der Waals surface area contributed by atoms with Gasteiger partial charge in [0.15, 0.2) is 5.79 Å². The fraction of sp³-hybridized carbons (Fsp3) is 0.455. The second-order valence-corrected chi connectivity index (χ2v) is 7.53. The van der Waals surface area contributed by atoms with Crippen LogP contribution in [-0.4, -0.2) is 54.0 Å². The summed E-state index contributed by atoms with van der Waals surface area (Å²) >= 11 is 6.43. The molecule has 2 aromatic rings. The molecule has 0 amide bonds. The topological polar surface area (TPSA) is 88.4 Å². The van der Waals surface area contributed by atoms with Gasteiger partial charge in [0.05, 0.1) is 19.3 Å². The van der Waals surface area contributed by atoms with Crippen LogP contribution in [0.2, 0.25) is 5.02 Å². The van der Waals surface area contributed by atoms with Gasteiger partial charge in [-0.15, -0.1) is 0 Å². The zero-order valence-corrected chi connectivity index (χ0v) is 17.3. The number of rotatable bonds is 7. The largest absolute Gasteiger partial charge is 0.494 e. The molecule has 4 atom stereocenters. The molecule has 2 aromatic carbocycles. The summed E-state index contributed by atoms with van der Waals surface area (Å²) in [5.74, 6) is -0.475. The molecular weight excluding hydrogens is 396 g/mol. The third-order valence-electron chi connectivity index (χ3n) is 5.22. The Balaban J connectivity index is 1.89. The van der Waals surface area contributed by atoms with Crippen LogP contribution in [0.3, 0.4) is 0 Å². The van der Waals surface area contributed by atoms with Crippen LogP contribution in [-0.2, 0) is 21.7 Å². The maximum absolute atomic E-state index is 10.3. The van der Waals surface area contributed by atoms with Crippen molar-refractivity contribution in [2.75, 3.05) is 20.3 Å². The summed E-state index contributed by atoms with van der Waals surface area (Å²) in [5, 5.41) is 30.4. The molecule has 0 saturated carbocycles. The van der Waals surface area contributed by atoms with E-state index in [1.807, 2.05) is 37.3 Å². The van der Waals surface area contributed by atoms with E-state index in [9.17, 15) is 15.3 Å². The number of hydrogen-bond donors (Lipinski definition) is 3. The Labute approximate surface area is 175 Å². The van der Waals surface area contributed by atoms with Gasteiger partial charge in [0, 0.05) is 24.1 Å². The highest BCUT2D eigenvalue weighted by Gasteiger charge is 2.47. The standard InChI is InChI=1S/C22H27ClO6/c1-3-28-17-7-4-14(5-8-17)10-15-11-16(6-9-18(15)23)22(27-2)12-19(25)21(26)20(13-24)29-22/h4-9,11,19-21,24-26H,3,10,12-13H2,1-2H3/t19-,20-,21?,22-/m1/s1. The van der Waals surface area contributed by atoms with Crippen molar-refractivity contribution in [2.45, 2.75) is 43.9 Å². The fourth-order valence-electron chi connectivity index (χ4n) is 3.62. The van der Waals surface area contributed by atoms with Crippen molar-refractivity contribution < 1.29 is 29.5 Å². The maximum atomic E-state index is 10.3. The van der Waals surface area contributed by atoms with Crippen LogP contribution in [0.4, 0.5) is 0 Å². The van der Waals surface area contributed by atoms with Crippen LogP contribution in [0.15, 0.2) is 42.5 Å². The molecule has 0 spiro atoms. The normalized spacial score (nSPS) is 27.0. The Morgan fingerprint density at radius 2 is 1.90 bits per heavy atom. The summed E-state index contributed by atoms with van der Waals surface area (Å²) in [6.07, 6.45) is -2.60. The first-order chi connectivity index (χ1) is 13.9. The molecule has 6 nitrogen and oxygen atoms in total. The molecule has 0 aliphatic carbocycles. The van der Waals surface area contributed by atoms with Gasteiger partial charge < -0.3 is 29.5 Å². The molecule has 3 rings (SSSR count). The highest BCUT2D eigenvalue weighted by atomic mass is 35.5. The number of halogens is 1. The molecule has 1 aliphatic heterocycles. The number of aliphatic hydroxyl groups is 3. The number of ether oxygens (including phenoxy) is 3. The Hall–Kier alpha value is -1.67. The number of aliphatic hydroxyl groups excluding tert-OH is 3. The highest BCUT2D eigenvalue weighted by Crippen LogP contribution is 2.40. The Morgan fingerprint density at radius 1 is 1.17 bits per heavy atom. The smallest absolute Gasteiger partial charge is 0.197 e. The lowest BCUT2D eigenvalue weighted by Crippen LogP contribution is -2.55. The van der Waals surface area contributed by atoms with Crippen LogP contribution in [0.5, 0.6) is 5.75 Å². The molecule has 1 unspecified atom stereocenters. The van der Waals surface area contributed by atoms with Crippen LogP contribution in [0.25, 0.3) is 0 Å². The first-order valence-electron chi connectivity index (χ1n) is 9.63. The number of benzene rings is 2. The predicted molar refractivity (Wildman–Crippen MR) is 109 cm³/mol. The highest BCUT2D eigenvalue weighted by molar-refractivity contribution is 6.31. The molecule has 158 valence electrons. The minimum atomic E-state index is -1.29. The van der Waals surface area contributed by atoms with Gasteiger partial charge in [-0.1, -0.05) is 29.8 Å². The van der Waals surface area contributed by atoms with E-state index in [-0.39, 0.29) is 6.42 Å². The van der Waals surface area contributed by atoms with Gasteiger partial charge in [0.2, 0.25) is 0 Å². The van der Waals surface area contributed by atoms with Gasteiger partial charge in [0.25, 0.3) is 0 Å². The molecule has 0 radical (unpaired) electrons. The van der Waals surface area contributed by atoms with Gasteiger partial charge >= 0.3 is 0 Å². The summed E-state index contributed by atoms with van der Waals surface area (Å²) in [4.78, 5) is 0. The molecular formula is C22H27ClO6. The zero-order valence-electron chi connectivity index (χ0n) is 16.5. The molecule has 7 heteroatoms. The van der Waals surface area contributed by atoms with Gasteiger partial charge in [-0.2, -0.15) is 0 Å². The van der Waals surface area contributed by atoms with Gasteiger partial charge in [-0.05, 0) is 48.7 Å². The minimum Gasteiger partial charge on any atom is -0.494 e. The van der Waals surface area contributed by atoms with E-state index in [0.29, 0.717) is 23.6 Å². The average Bonchev–Trinajstić information content (AvgIpc) is 2.73. The summed E-state index contributed by atoms with van der Waals surface area (Å²) in [7, 11) is 1.47. The van der Waals surface area contributed by atoms with Crippen molar-refractivity contribution in [1.29, 1.82) is 0 Å². The van der Waals surface area contributed by atoms with E-state index in [4.69, 9.17) is 25.8 Å². The summed E-state index contributed by atoms with van der Waals surface area (Å²) < 4.78 is 17.0. The molecule has 1 heterocycles. The van der Waals surface area contributed by atoms with Crippen LogP contribution < -0.4 is 4.74 Å². The monoisotopic (exact) mass is 422 g/mol. The van der Waals surface area contributed by atoms with E-state index < -0.39 is 30.7 Å². The summed E-state index contributed by atoms with van der Waals surface area (Å²) in [6, 6.07) is 13.2. The van der Waals surface area contributed by atoms with Crippen molar-refractivity contribution in [1.82, 2.24) is 0 Å². The Kier molecular flexibility index (Phi) is 7.16. The van der Waals surface area contributed by atoms with Crippen molar-refractivity contribution in [2.24, 2.45) is 0 Å². The lowest BCUT2D eigenvalue weighted by atomic mass is 9.89. The predicted octanol–water partition coefficient (Wildman–Crippen LogP) is 2.63. The lowest BCUT2D eigenvalue weighted by molar-refractivity contribution is -0.323. The van der Waals surface area contributed by atoms with Crippen molar-refractivity contribution in [3.8, 4) is 5.75 Å². The van der Waals surface area contributed by atoms with Gasteiger partial charge in [-0.3, -0.25) is 0 Å². The quantitative estimate of drug-likeness (QED) is 0.635. The molecule has 1 saturated heterocycles. The summed E-state index contributed by atoms with van der Waals surface area (Å²) in [6.45, 7) is 2.12. The SMILES string of the molecule is CCOc1ccc(Cc2cc([C@@]3(OC)C[C@@H](O)C(O)[C@@H](CO)O3)ccc2Cl)cc1. The van der Waals surface area contributed by atoms with Crippen LogP contribution in [0, 0.1) is 0 Å². The molecule has 29 heavy (non-hydrogen) atoms. The lowest BCUT2D eigenvalue weighted by Gasteiger charge is -2.44. The second-order valence-electron chi connectivity index (χ2n) is 7.12. The molecule has 0 aromatic heterocycles. The van der Waals surface area contributed by atoms with Crippen molar-refractivity contribution in [3.63, 3.8) is 0 Å². The van der Waals surface area contributed by atoms with Crippen molar-refractivity contribution >= 4 is 11.6 Å².